The van der Waals surface area contributed by atoms with Crippen LogP contribution in [-0.2, 0) is 9.53 Å². The molecule has 0 spiro atoms. The van der Waals surface area contributed by atoms with Gasteiger partial charge >= 0.3 is 0 Å². The van der Waals surface area contributed by atoms with E-state index < -0.39 is 0 Å². The van der Waals surface area contributed by atoms with E-state index in [1.54, 1.807) is 7.11 Å². The SMILES string of the molecule is COCC1(C(=O)NC2CC=CCC2)CCNCC1. The van der Waals surface area contributed by atoms with Gasteiger partial charge < -0.3 is 15.4 Å². The van der Waals surface area contributed by atoms with E-state index in [1.165, 1.54) is 0 Å². The molecule has 4 heteroatoms. The summed E-state index contributed by atoms with van der Waals surface area (Å²) in [5.74, 6) is 0.186. The summed E-state index contributed by atoms with van der Waals surface area (Å²) in [4.78, 5) is 12.5. The summed E-state index contributed by atoms with van der Waals surface area (Å²) in [6, 6.07) is 0.311. The van der Waals surface area contributed by atoms with Crippen molar-refractivity contribution in [2.45, 2.75) is 38.1 Å². The molecule has 1 aliphatic heterocycles. The lowest BCUT2D eigenvalue weighted by molar-refractivity contribution is -0.137. The zero-order valence-electron chi connectivity index (χ0n) is 11.2. The third-order valence-corrected chi connectivity index (χ3v) is 4.07. The topological polar surface area (TPSA) is 50.4 Å². The van der Waals surface area contributed by atoms with Crippen molar-refractivity contribution in [3.8, 4) is 0 Å². The van der Waals surface area contributed by atoms with E-state index in [0.29, 0.717) is 12.6 Å². The van der Waals surface area contributed by atoms with Crippen LogP contribution in [0, 0.1) is 5.41 Å². The summed E-state index contributed by atoms with van der Waals surface area (Å²) in [5.41, 5.74) is -0.318. The number of hydrogen-bond donors (Lipinski definition) is 2. The van der Waals surface area contributed by atoms with Crippen molar-refractivity contribution >= 4 is 5.91 Å². The van der Waals surface area contributed by atoms with Crippen LogP contribution in [0.3, 0.4) is 0 Å². The van der Waals surface area contributed by atoms with Gasteiger partial charge in [-0.05, 0) is 45.2 Å². The minimum absolute atomic E-state index is 0.186. The van der Waals surface area contributed by atoms with Crippen molar-refractivity contribution in [1.82, 2.24) is 10.6 Å². The Morgan fingerprint density at radius 1 is 1.44 bits per heavy atom. The molecule has 0 aromatic heterocycles. The smallest absolute Gasteiger partial charge is 0.228 e. The molecule has 102 valence electrons. The maximum absolute atomic E-state index is 12.5. The Labute approximate surface area is 109 Å². The molecule has 4 nitrogen and oxygen atoms in total. The highest BCUT2D eigenvalue weighted by Crippen LogP contribution is 2.30. The zero-order valence-corrected chi connectivity index (χ0v) is 11.2. The molecule has 1 amide bonds. The largest absolute Gasteiger partial charge is 0.384 e. The lowest BCUT2D eigenvalue weighted by atomic mass is 9.78. The summed E-state index contributed by atoms with van der Waals surface area (Å²) >= 11 is 0. The highest BCUT2D eigenvalue weighted by atomic mass is 16.5. The van der Waals surface area contributed by atoms with Crippen molar-refractivity contribution in [1.29, 1.82) is 0 Å². The van der Waals surface area contributed by atoms with Gasteiger partial charge in [0.15, 0.2) is 0 Å². The zero-order chi connectivity index (χ0) is 12.8. The van der Waals surface area contributed by atoms with Gasteiger partial charge in [-0.15, -0.1) is 0 Å². The quantitative estimate of drug-likeness (QED) is 0.740. The molecule has 0 aromatic rings. The molecule has 0 bridgehead atoms. The molecule has 2 aliphatic rings. The average Bonchev–Trinajstić information content (AvgIpc) is 2.41. The van der Waals surface area contributed by atoms with Gasteiger partial charge in [0.25, 0.3) is 0 Å². The fourth-order valence-corrected chi connectivity index (χ4v) is 2.88. The van der Waals surface area contributed by atoms with Crippen molar-refractivity contribution in [2.24, 2.45) is 5.41 Å². The predicted molar refractivity (Wildman–Crippen MR) is 71.3 cm³/mol. The van der Waals surface area contributed by atoms with Gasteiger partial charge in [-0.25, -0.2) is 0 Å². The summed E-state index contributed by atoms with van der Waals surface area (Å²) < 4.78 is 5.29. The standard InChI is InChI=1S/C14H24N2O2/c1-18-11-14(7-9-15-10-8-14)13(17)16-12-5-3-2-4-6-12/h2-3,12,15H,4-11H2,1H3,(H,16,17). The molecule has 1 heterocycles. The second kappa shape index (κ2) is 6.34. The monoisotopic (exact) mass is 252 g/mol. The van der Waals surface area contributed by atoms with Crippen LogP contribution >= 0.6 is 0 Å². The first kappa shape index (κ1) is 13.6. The number of ether oxygens (including phenoxy) is 1. The Bertz CT molecular complexity index is 303. The van der Waals surface area contributed by atoms with Crippen LogP contribution in [0.1, 0.15) is 32.1 Å². The molecule has 1 atom stereocenters. The first-order valence-corrected chi connectivity index (χ1v) is 6.92. The number of rotatable bonds is 4. The molecule has 2 rings (SSSR count). The molecule has 0 aromatic carbocycles. The summed E-state index contributed by atoms with van der Waals surface area (Å²) in [6.07, 6.45) is 9.20. The Hall–Kier alpha value is -0.870. The van der Waals surface area contributed by atoms with Gasteiger partial charge in [-0.1, -0.05) is 12.2 Å². The summed E-state index contributed by atoms with van der Waals surface area (Å²) in [5, 5.41) is 6.53. The Morgan fingerprint density at radius 2 is 2.22 bits per heavy atom. The van der Waals surface area contributed by atoms with Crippen LogP contribution in [0.2, 0.25) is 0 Å². The summed E-state index contributed by atoms with van der Waals surface area (Å²) in [6.45, 7) is 2.34. The van der Waals surface area contributed by atoms with Crippen molar-refractivity contribution in [3.63, 3.8) is 0 Å². The third kappa shape index (κ3) is 3.12. The maximum Gasteiger partial charge on any atom is 0.228 e. The number of allylic oxidation sites excluding steroid dienone is 1. The van der Waals surface area contributed by atoms with Crippen LogP contribution in [0.5, 0.6) is 0 Å². The number of piperidine rings is 1. The van der Waals surface area contributed by atoms with Crippen LogP contribution in [-0.4, -0.2) is 38.8 Å². The molecular formula is C14H24N2O2. The molecule has 1 unspecified atom stereocenters. The molecule has 0 radical (unpaired) electrons. The van der Waals surface area contributed by atoms with Crippen molar-refractivity contribution in [3.05, 3.63) is 12.2 Å². The molecule has 18 heavy (non-hydrogen) atoms. The molecule has 0 saturated carbocycles. The first-order chi connectivity index (χ1) is 8.77. The van der Waals surface area contributed by atoms with E-state index in [-0.39, 0.29) is 11.3 Å². The highest BCUT2D eigenvalue weighted by Gasteiger charge is 2.40. The normalized spacial score (nSPS) is 26.8. The third-order valence-electron chi connectivity index (χ3n) is 4.07. The van der Waals surface area contributed by atoms with Crippen LogP contribution in [0.25, 0.3) is 0 Å². The molecule has 2 N–H and O–H groups in total. The van der Waals surface area contributed by atoms with Gasteiger partial charge in [-0.3, -0.25) is 4.79 Å². The van der Waals surface area contributed by atoms with Gasteiger partial charge in [0.2, 0.25) is 5.91 Å². The fourth-order valence-electron chi connectivity index (χ4n) is 2.88. The van der Waals surface area contributed by atoms with Crippen molar-refractivity contribution in [2.75, 3.05) is 26.8 Å². The van der Waals surface area contributed by atoms with E-state index >= 15 is 0 Å². The van der Waals surface area contributed by atoms with Crippen LogP contribution in [0.15, 0.2) is 12.2 Å². The molecule has 1 fully saturated rings. The second-order valence-corrected chi connectivity index (χ2v) is 5.42. The fraction of sp³-hybridized carbons (Fsp3) is 0.786. The second-order valence-electron chi connectivity index (χ2n) is 5.42. The number of nitrogens with one attached hydrogen (secondary N) is 2. The number of carbonyl (C=O) groups is 1. The lowest BCUT2D eigenvalue weighted by Gasteiger charge is -2.37. The van der Waals surface area contributed by atoms with E-state index in [1.807, 2.05) is 0 Å². The van der Waals surface area contributed by atoms with E-state index in [2.05, 4.69) is 22.8 Å². The minimum atomic E-state index is -0.318. The molecular weight excluding hydrogens is 228 g/mol. The van der Waals surface area contributed by atoms with Gasteiger partial charge in [0.1, 0.15) is 0 Å². The first-order valence-electron chi connectivity index (χ1n) is 6.92. The maximum atomic E-state index is 12.5. The number of amides is 1. The van der Waals surface area contributed by atoms with E-state index in [4.69, 9.17) is 4.74 Å². The number of methoxy groups -OCH3 is 1. The van der Waals surface area contributed by atoms with E-state index in [9.17, 15) is 4.79 Å². The Balaban J connectivity index is 1.96. The minimum Gasteiger partial charge on any atom is -0.384 e. The van der Waals surface area contributed by atoms with Gasteiger partial charge in [0.05, 0.1) is 12.0 Å². The van der Waals surface area contributed by atoms with Gasteiger partial charge in [0, 0.05) is 13.2 Å². The highest BCUT2D eigenvalue weighted by molar-refractivity contribution is 5.83. The molecule has 1 saturated heterocycles. The Kier molecular flexibility index (Phi) is 4.78. The van der Waals surface area contributed by atoms with Crippen molar-refractivity contribution < 1.29 is 9.53 Å². The molecule has 1 aliphatic carbocycles. The van der Waals surface area contributed by atoms with E-state index in [0.717, 1.165) is 45.2 Å². The number of hydrogen-bond acceptors (Lipinski definition) is 3. The van der Waals surface area contributed by atoms with Crippen LogP contribution in [0.4, 0.5) is 0 Å². The Morgan fingerprint density at radius 3 is 2.83 bits per heavy atom. The van der Waals surface area contributed by atoms with Gasteiger partial charge in [-0.2, -0.15) is 0 Å². The average molecular weight is 252 g/mol. The summed E-state index contributed by atoms with van der Waals surface area (Å²) in [7, 11) is 1.68. The predicted octanol–water partition coefficient (Wildman–Crippen LogP) is 1.23. The van der Waals surface area contributed by atoms with Crippen LogP contribution < -0.4 is 10.6 Å². The number of carbonyl (C=O) groups excluding carboxylic acids is 1. The lowest BCUT2D eigenvalue weighted by Crippen LogP contribution is -2.52.